The number of hydrogen-bond donors (Lipinski definition) is 1. The molecule has 1 saturated heterocycles. The van der Waals surface area contributed by atoms with Gasteiger partial charge in [0.25, 0.3) is 0 Å². The lowest BCUT2D eigenvalue weighted by Crippen LogP contribution is -2.44. The minimum absolute atomic E-state index is 0.138. The molecule has 3 heterocycles. The van der Waals surface area contributed by atoms with Crippen molar-refractivity contribution < 1.29 is 14.3 Å². The fourth-order valence-electron chi connectivity index (χ4n) is 4.08. The normalized spacial score (nSPS) is 18.1. The van der Waals surface area contributed by atoms with Crippen LogP contribution in [0.25, 0.3) is 0 Å². The van der Waals surface area contributed by atoms with Crippen LogP contribution in [-0.4, -0.2) is 59.9 Å². The van der Waals surface area contributed by atoms with Gasteiger partial charge in [-0.05, 0) is 57.1 Å². The fraction of sp³-hybridized carbons (Fsp3) is 0.500. The molecule has 1 aromatic heterocycles. The number of carbonyl (C=O) groups excluding carboxylic acids is 1. The number of likely N-dealkylation sites (N-methyl/N-ethyl adjacent to an activating group) is 1. The summed E-state index contributed by atoms with van der Waals surface area (Å²) in [5, 5.41) is 7.26. The average Bonchev–Trinajstić information content (AvgIpc) is 3.30. The van der Waals surface area contributed by atoms with Crippen LogP contribution in [0.1, 0.15) is 41.6 Å². The van der Waals surface area contributed by atoms with Gasteiger partial charge in [-0.25, -0.2) is 0 Å². The SMILES string of the molecule is Cc1cn[nH]c1C1CCN(C(=O)[C@H](c2ccc3c(c2)OCO3)N(C)C)CC1. The fourth-order valence-corrected chi connectivity index (χ4v) is 4.08. The number of aromatic nitrogens is 2. The van der Waals surface area contributed by atoms with Gasteiger partial charge in [0.15, 0.2) is 11.5 Å². The number of rotatable bonds is 4. The lowest BCUT2D eigenvalue weighted by molar-refractivity contribution is -0.137. The Kier molecular flexibility index (Phi) is 4.78. The predicted molar refractivity (Wildman–Crippen MR) is 101 cm³/mol. The van der Waals surface area contributed by atoms with Gasteiger partial charge in [-0.15, -0.1) is 0 Å². The zero-order valence-corrected chi connectivity index (χ0v) is 16.1. The number of amides is 1. The van der Waals surface area contributed by atoms with Crippen LogP contribution in [0.15, 0.2) is 24.4 Å². The van der Waals surface area contributed by atoms with Crippen molar-refractivity contribution in [3.8, 4) is 11.5 Å². The maximum absolute atomic E-state index is 13.3. The Morgan fingerprint density at radius 1 is 1.26 bits per heavy atom. The monoisotopic (exact) mass is 370 g/mol. The second-order valence-corrected chi connectivity index (χ2v) is 7.55. The van der Waals surface area contributed by atoms with E-state index in [1.807, 2.05) is 48.3 Å². The smallest absolute Gasteiger partial charge is 0.244 e. The Bertz CT molecular complexity index is 824. The highest BCUT2D eigenvalue weighted by molar-refractivity contribution is 5.83. The van der Waals surface area contributed by atoms with Crippen LogP contribution in [0.2, 0.25) is 0 Å². The molecule has 1 aromatic carbocycles. The van der Waals surface area contributed by atoms with Crippen molar-refractivity contribution in [1.29, 1.82) is 0 Å². The number of H-pyrrole nitrogens is 1. The molecule has 4 rings (SSSR count). The first-order chi connectivity index (χ1) is 13.0. The third kappa shape index (κ3) is 3.39. The quantitative estimate of drug-likeness (QED) is 0.895. The van der Waals surface area contributed by atoms with Crippen molar-refractivity contribution >= 4 is 5.91 Å². The van der Waals surface area contributed by atoms with E-state index >= 15 is 0 Å². The van der Waals surface area contributed by atoms with Crippen LogP contribution in [0.5, 0.6) is 11.5 Å². The zero-order chi connectivity index (χ0) is 19.0. The molecule has 0 unspecified atom stereocenters. The molecule has 1 amide bonds. The summed E-state index contributed by atoms with van der Waals surface area (Å²) < 4.78 is 10.9. The van der Waals surface area contributed by atoms with Crippen LogP contribution in [0.3, 0.4) is 0 Å². The molecular weight excluding hydrogens is 344 g/mol. The largest absolute Gasteiger partial charge is 0.454 e. The number of likely N-dealkylation sites (tertiary alicyclic amines) is 1. The molecule has 2 aliphatic heterocycles. The molecular formula is C20H26N4O3. The number of benzene rings is 1. The molecule has 7 nitrogen and oxygen atoms in total. The number of aryl methyl sites for hydroxylation is 1. The standard InChI is InChI=1S/C20H26N4O3/c1-13-11-21-22-18(13)14-6-8-24(9-7-14)20(25)19(23(2)3)15-4-5-16-17(10-15)27-12-26-16/h4-5,10-11,14,19H,6-9,12H2,1-3H3,(H,21,22)/t19-/m0/s1. The van der Waals surface area contributed by atoms with Gasteiger partial charge in [0.05, 0.1) is 6.20 Å². The second kappa shape index (κ2) is 7.23. The zero-order valence-electron chi connectivity index (χ0n) is 16.1. The molecule has 1 atom stereocenters. The highest BCUT2D eigenvalue weighted by Crippen LogP contribution is 2.36. The van der Waals surface area contributed by atoms with Crippen molar-refractivity contribution in [2.45, 2.75) is 31.7 Å². The molecule has 27 heavy (non-hydrogen) atoms. The van der Waals surface area contributed by atoms with E-state index in [0.717, 1.165) is 37.2 Å². The van der Waals surface area contributed by atoms with E-state index in [1.54, 1.807) is 0 Å². The van der Waals surface area contributed by atoms with Gasteiger partial charge in [0.2, 0.25) is 12.7 Å². The molecule has 1 N–H and O–H groups in total. The Balaban J connectivity index is 1.48. The number of ether oxygens (including phenoxy) is 2. The summed E-state index contributed by atoms with van der Waals surface area (Å²) in [5.41, 5.74) is 3.34. The summed E-state index contributed by atoms with van der Waals surface area (Å²) in [4.78, 5) is 17.2. The summed E-state index contributed by atoms with van der Waals surface area (Å²) in [5.74, 6) is 2.03. The Morgan fingerprint density at radius 3 is 2.67 bits per heavy atom. The van der Waals surface area contributed by atoms with Crippen molar-refractivity contribution in [3.63, 3.8) is 0 Å². The van der Waals surface area contributed by atoms with Crippen molar-refractivity contribution in [2.75, 3.05) is 34.0 Å². The van der Waals surface area contributed by atoms with Crippen LogP contribution in [0, 0.1) is 6.92 Å². The maximum atomic E-state index is 13.3. The first-order valence-electron chi connectivity index (χ1n) is 9.39. The minimum Gasteiger partial charge on any atom is -0.454 e. The van der Waals surface area contributed by atoms with Gasteiger partial charge in [0.1, 0.15) is 6.04 Å². The molecule has 2 aliphatic rings. The molecule has 0 spiro atoms. The molecule has 0 saturated carbocycles. The number of aromatic amines is 1. The molecule has 144 valence electrons. The highest BCUT2D eigenvalue weighted by Gasteiger charge is 2.32. The number of hydrogen-bond acceptors (Lipinski definition) is 5. The van der Waals surface area contributed by atoms with E-state index < -0.39 is 0 Å². The Morgan fingerprint density at radius 2 is 2.00 bits per heavy atom. The molecule has 2 aromatic rings. The van der Waals surface area contributed by atoms with Crippen LogP contribution in [-0.2, 0) is 4.79 Å². The topological polar surface area (TPSA) is 70.7 Å². The summed E-state index contributed by atoms with van der Waals surface area (Å²) in [7, 11) is 3.88. The third-order valence-corrected chi connectivity index (χ3v) is 5.55. The molecule has 0 bridgehead atoms. The third-order valence-electron chi connectivity index (χ3n) is 5.55. The highest BCUT2D eigenvalue weighted by atomic mass is 16.7. The van der Waals surface area contributed by atoms with Crippen molar-refractivity contribution in [2.24, 2.45) is 0 Å². The lowest BCUT2D eigenvalue weighted by Gasteiger charge is -2.36. The summed E-state index contributed by atoms with van der Waals surface area (Å²) in [6.07, 6.45) is 3.78. The summed E-state index contributed by atoms with van der Waals surface area (Å²) in [6, 6.07) is 5.43. The summed E-state index contributed by atoms with van der Waals surface area (Å²) >= 11 is 0. The second-order valence-electron chi connectivity index (χ2n) is 7.55. The number of piperidine rings is 1. The number of nitrogens with zero attached hydrogens (tertiary/aromatic N) is 3. The molecule has 0 radical (unpaired) electrons. The average molecular weight is 370 g/mol. The molecule has 0 aliphatic carbocycles. The van der Waals surface area contributed by atoms with Gasteiger partial charge in [-0.2, -0.15) is 5.10 Å². The van der Waals surface area contributed by atoms with Gasteiger partial charge in [-0.3, -0.25) is 14.8 Å². The Hall–Kier alpha value is -2.54. The van der Waals surface area contributed by atoms with E-state index in [4.69, 9.17) is 9.47 Å². The number of nitrogens with one attached hydrogen (secondary N) is 1. The van der Waals surface area contributed by atoms with Crippen molar-refractivity contribution in [1.82, 2.24) is 20.0 Å². The van der Waals surface area contributed by atoms with E-state index in [0.29, 0.717) is 11.7 Å². The predicted octanol–water partition coefficient (Wildman–Crippen LogP) is 2.46. The van der Waals surface area contributed by atoms with E-state index in [2.05, 4.69) is 17.1 Å². The van der Waals surface area contributed by atoms with Crippen molar-refractivity contribution in [3.05, 3.63) is 41.2 Å². The van der Waals surface area contributed by atoms with Gasteiger partial charge < -0.3 is 14.4 Å². The minimum atomic E-state index is -0.329. The van der Waals surface area contributed by atoms with Gasteiger partial charge in [0, 0.05) is 24.7 Å². The van der Waals surface area contributed by atoms with E-state index in [1.165, 1.54) is 11.3 Å². The van der Waals surface area contributed by atoms with Crippen LogP contribution in [0.4, 0.5) is 0 Å². The Labute approximate surface area is 159 Å². The lowest BCUT2D eigenvalue weighted by atomic mass is 9.91. The van der Waals surface area contributed by atoms with Gasteiger partial charge in [-0.1, -0.05) is 6.07 Å². The first-order valence-corrected chi connectivity index (χ1v) is 9.39. The first kappa shape index (κ1) is 17.9. The number of carbonyl (C=O) groups is 1. The molecule has 1 fully saturated rings. The van der Waals surface area contributed by atoms with Crippen LogP contribution < -0.4 is 9.47 Å². The van der Waals surface area contributed by atoms with Gasteiger partial charge >= 0.3 is 0 Å². The van der Waals surface area contributed by atoms with E-state index in [9.17, 15) is 4.79 Å². The molecule has 7 heteroatoms. The maximum Gasteiger partial charge on any atom is 0.244 e. The number of fused-ring (bicyclic) bond motifs is 1. The van der Waals surface area contributed by atoms with E-state index in [-0.39, 0.29) is 18.7 Å². The summed E-state index contributed by atoms with van der Waals surface area (Å²) in [6.45, 7) is 3.84. The van der Waals surface area contributed by atoms with Crippen LogP contribution >= 0.6 is 0 Å².